The minimum atomic E-state index is -0.668. The van der Waals surface area contributed by atoms with E-state index < -0.39 is 5.91 Å². The third-order valence-corrected chi connectivity index (χ3v) is 3.48. The zero-order valence-corrected chi connectivity index (χ0v) is 11.7. The summed E-state index contributed by atoms with van der Waals surface area (Å²) in [4.78, 5) is 24.3. The molecule has 0 saturated heterocycles. The molecule has 0 atom stereocenters. The molecule has 1 aromatic carbocycles. The van der Waals surface area contributed by atoms with Crippen LogP contribution in [0.4, 0.5) is 0 Å². The Labute approximate surface area is 120 Å². The lowest BCUT2D eigenvalue weighted by molar-refractivity contribution is -0.114. The van der Waals surface area contributed by atoms with Gasteiger partial charge in [0.15, 0.2) is 0 Å². The van der Waals surface area contributed by atoms with E-state index in [1.807, 2.05) is 36.6 Å². The monoisotopic (exact) mass is 286 g/mol. The number of thiophene rings is 1. The van der Waals surface area contributed by atoms with Crippen molar-refractivity contribution in [3.63, 3.8) is 0 Å². The molecule has 4 nitrogen and oxygen atoms in total. The Morgan fingerprint density at radius 3 is 2.45 bits per heavy atom. The molecular formula is C15H14N2O2S. The molecule has 2 amide bonds. The van der Waals surface area contributed by atoms with Crippen LogP contribution in [0.25, 0.3) is 6.08 Å². The first-order valence-corrected chi connectivity index (χ1v) is 6.87. The molecule has 1 aromatic heterocycles. The van der Waals surface area contributed by atoms with Crippen molar-refractivity contribution in [2.75, 3.05) is 0 Å². The maximum absolute atomic E-state index is 12.0. The average Bonchev–Trinajstić information content (AvgIpc) is 2.91. The van der Waals surface area contributed by atoms with Crippen LogP contribution >= 0.6 is 11.3 Å². The van der Waals surface area contributed by atoms with Crippen LogP contribution in [0.5, 0.6) is 0 Å². The van der Waals surface area contributed by atoms with Crippen molar-refractivity contribution >= 4 is 29.2 Å². The molecule has 20 heavy (non-hydrogen) atoms. The molecular weight excluding hydrogens is 272 g/mol. The van der Waals surface area contributed by atoms with Gasteiger partial charge in [0, 0.05) is 10.4 Å². The Morgan fingerprint density at radius 2 is 1.90 bits per heavy atom. The summed E-state index contributed by atoms with van der Waals surface area (Å²) >= 11 is 1.46. The SMILES string of the molecule is Cc1ccc(C(=O)N/C(=C\c2cccs2)C(N)=O)cc1. The van der Waals surface area contributed by atoms with E-state index in [9.17, 15) is 9.59 Å². The smallest absolute Gasteiger partial charge is 0.265 e. The maximum Gasteiger partial charge on any atom is 0.265 e. The Morgan fingerprint density at radius 1 is 1.20 bits per heavy atom. The molecule has 1 heterocycles. The molecule has 5 heteroatoms. The van der Waals surface area contributed by atoms with Gasteiger partial charge < -0.3 is 11.1 Å². The summed E-state index contributed by atoms with van der Waals surface area (Å²) in [5, 5.41) is 4.43. The Kier molecular flexibility index (Phi) is 4.32. The molecule has 0 radical (unpaired) electrons. The van der Waals surface area contributed by atoms with Crippen LogP contribution in [0.1, 0.15) is 20.8 Å². The molecule has 0 spiro atoms. The Bertz CT molecular complexity index is 643. The average molecular weight is 286 g/mol. The number of benzene rings is 1. The lowest BCUT2D eigenvalue weighted by Crippen LogP contribution is -2.31. The number of nitrogens with two attached hydrogens (primary N) is 1. The summed E-state index contributed by atoms with van der Waals surface area (Å²) in [5.41, 5.74) is 6.91. The van der Waals surface area contributed by atoms with Crippen LogP contribution in [0.3, 0.4) is 0 Å². The van der Waals surface area contributed by atoms with E-state index in [4.69, 9.17) is 5.73 Å². The second-order valence-electron chi connectivity index (χ2n) is 4.26. The van der Waals surface area contributed by atoms with Crippen molar-refractivity contribution < 1.29 is 9.59 Å². The maximum atomic E-state index is 12.0. The topological polar surface area (TPSA) is 72.2 Å². The lowest BCUT2D eigenvalue weighted by Gasteiger charge is -2.06. The number of hydrogen-bond acceptors (Lipinski definition) is 3. The quantitative estimate of drug-likeness (QED) is 0.847. The van der Waals surface area contributed by atoms with Crippen molar-refractivity contribution in [2.45, 2.75) is 6.92 Å². The van der Waals surface area contributed by atoms with Gasteiger partial charge in [0.05, 0.1) is 0 Å². The molecule has 0 fully saturated rings. The van der Waals surface area contributed by atoms with Gasteiger partial charge >= 0.3 is 0 Å². The van der Waals surface area contributed by atoms with Gasteiger partial charge in [0.1, 0.15) is 5.70 Å². The van der Waals surface area contributed by atoms with Crippen LogP contribution < -0.4 is 11.1 Å². The summed E-state index contributed by atoms with van der Waals surface area (Å²) in [6.45, 7) is 1.94. The van der Waals surface area contributed by atoms with E-state index in [1.54, 1.807) is 18.2 Å². The number of hydrogen-bond donors (Lipinski definition) is 2. The van der Waals surface area contributed by atoms with E-state index in [-0.39, 0.29) is 11.6 Å². The van der Waals surface area contributed by atoms with Crippen LogP contribution in [-0.2, 0) is 4.79 Å². The second-order valence-corrected chi connectivity index (χ2v) is 5.24. The van der Waals surface area contributed by atoms with Gasteiger partial charge in [0.25, 0.3) is 11.8 Å². The van der Waals surface area contributed by atoms with E-state index in [2.05, 4.69) is 5.32 Å². The third kappa shape index (κ3) is 3.55. The number of nitrogens with one attached hydrogen (secondary N) is 1. The van der Waals surface area contributed by atoms with Crippen molar-refractivity contribution in [3.8, 4) is 0 Å². The highest BCUT2D eigenvalue weighted by Gasteiger charge is 2.11. The van der Waals surface area contributed by atoms with Crippen LogP contribution in [0.2, 0.25) is 0 Å². The number of aryl methyl sites for hydroxylation is 1. The predicted octanol–water partition coefficient (Wildman–Crippen LogP) is 2.31. The van der Waals surface area contributed by atoms with Gasteiger partial charge in [0.2, 0.25) is 0 Å². The highest BCUT2D eigenvalue weighted by Crippen LogP contribution is 2.13. The molecule has 0 bridgehead atoms. The Balaban J connectivity index is 2.18. The minimum Gasteiger partial charge on any atom is -0.364 e. The molecule has 102 valence electrons. The highest BCUT2D eigenvalue weighted by molar-refractivity contribution is 7.10. The van der Waals surface area contributed by atoms with Gasteiger partial charge in [-0.25, -0.2) is 0 Å². The zero-order valence-electron chi connectivity index (χ0n) is 10.9. The lowest BCUT2D eigenvalue weighted by atomic mass is 10.1. The summed E-state index contributed by atoms with van der Waals surface area (Å²) < 4.78 is 0. The fourth-order valence-electron chi connectivity index (χ4n) is 1.58. The van der Waals surface area contributed by atoms with Crippen LogP contribution in [0.15, 0.2) is 47.5 Å². The van der Waals surface area contributed by atoms with Crippen LogP contribution in [-0.4, -0.2) is 11.8 Å². The van der Waals surface area contributed by atoms with E-state index in [0.29, 0.717) is 5.56 Å². The summed E-state index contributed by atoms with van der Waals surface area (Å²) in [6.07, 6.45) is 1.57. The summed E-state index contributed by atoms with van der Waals surface area (Å²) in [6, 6.07) is 10.8. The Hall–Kier alpha value is -2.40. The van der Waals surface area contributed by atoms with Gasteiger partial charge in [-0.2, -0.15) is 0 Å². The molecule has 2 aromatic rings. The predicted molar refractivity (Wildman–Crippen MR) is 80.1 cm³/mol. The third-order valence-electron chi connectivity index (χ3n) is 2.66. The molecule has 2 rings (SSSR count). The highest BCUT2D eigenvalue weighted by atomic mass is 32.1. The molecule has 0 aliphatic carbocycles. The standard InChI is InChI=1S/C15H14N2O2S/c1-10-4-6-11(7-5-10)15(19)17-13(14(16)18)9-12-3-2-8-20-12/h2-9H,1H3,(H2,16,18)(H,17,19)/b13-9-. The molecule has 0 aliphatic rings. The first-order chi connectivity index (χ1) is 9.56. The fourth-order valence-corrected chi connectivity index (χ4v) is 2.24. The number of carbonyl (C=O) groups excluding carboxylic acids is 2. The summed E-state index contributed by atoms with van der Waals surface area (Å²) in [7, 11) is 0. The second kappa shape index (κ2) is 6.16. The minimum absolute atomic E-state index is 0.0815. The van der Waals surface area contributed by atoms with E-state index in [0.717, 1.165) is 10.4 Å². The van der Waals surface area contributed by atoms with Gasteiger partial charge in [-0.05, 0) is 36.6 Å². The number of carbonyl (C=O) groups is 2. The molecule has 3 N–H and O–H groups in total. The molecule has 0 aliphatic heterocycles. The first kappa shape index (κ1) is 14.0. The van der Waals surface area contributed by atoms with Gasteiger partial charge in [-0.1, -0.05) is 23.8 Å². The normalized spacial score (nSPS) is 11.2. The number of rotatable bonds is 4. The summed E-state index contributed by atoms with van der Waals surface area (Å²) in [5.74, 6) is -1.02. The van der Waals surface area contributed by atoms with Gasteiger partial charge in [-0.3, -0.25) is 9.59 Å². The zero-order chi connectivity index (χ0) is 14.5. The number of amides is 2. The van der Waals surface area contributed by atoms with E-state index in [1.165, 1.54) is 11.3 Å². The van der Waals surface area contributed by atoms with E-state index >= 15 is 0 Å². The number of primary amides is 1. The largest absolute Gasteiger partial charge is 0.364 e. The first-order valence-electron chi connectivity index (χ1n) is 5.99. The van der Waals surface area contributed by atoms with Crippen LogP contribution in [0, 0.1) is 6.92 Å². The molecule has 0 unspecified atom stereocenters. The van der Waals surface area contributed by atoms with Crippen molar-refractivity contribution in [1.82, 2.24) is 5.32 Å². The fraction of sp³-hybridized carbons (Fsp3) is 0.0667. The van der Waals surface area contributed by atoms with Gasteiger partial charge in [-0.15, -0.1) is 11.3 Å². The molecule has 0 saturated carbocycles. The van der Waals surface area contributed by atoms with Crippen molar-refractivity contribution in [1.29, 1.82) is 0 Å². The van der Waals surface area contributed by atoms with Crippen molar-refractivity contribution in [2.24, 2.45) is 5.73 Å². The van der Waals surface area contributed by atoms with Crippen molar-refractivity contribution in [3.05, 3.63) is 63.5 Å².